The Bertz CT molecular complexity index is 2180. The summed E-state index contributed by atoms with van der Waals surface area (Å²) in [6.45, 7) is 6.03. The lowest BCUT2D eigenvalue weighted by Crippen LogP contribution is -2.30. The van der Waals surface area contributed by atoms with Crippen LogP contribution in [0.4, 0.5) is 10.8 Å². The highest BCUT2D eigenvalue weighted by Crippen LogP contribution is 2.38. The van der Waals surface area contributed by atoms with Crippen molar-refractivity contribution in [1.29, 1.82) is 0 Å². The third-order valence-corrected chi connectivity index (χ3v) is 10.1. The van der Waals surface area contributed by atoms with E-state index >= 15 is 0 Å². The van der Waals surface area contributed by atoms with E-state index in [1.54, 1.807) is 36.4 Å². The molecule has 51 heavy (non-hydrogen) atoms. The van der Waals surface area contributed by atoms with Gasteiger partial charge in [-0.25, -0.2) is 4.98 Å². The number of hydrogen-bond donors (Lipinski definition) is 3. The Morgan fingerprint density at radius 1 is 0.725 bits per heavy atom. The van der Waals surface area contributed by atoms with E-state index in [4.69, 9.17) is 4.98 Å². The first-order valence-electron chi connectivity index (χ1n) is 16.3. The van der Waals surface area contributed by atoms with Gasteiger partial charge in [0.2, 0.25) is 5.91 Å². The lowest BCUT2D eigenvalue weighted by Gasteiger charge is -2.17. The molecule has 0 fully saturated rings. The fourth-order valence-electron chi connectivity index (χ4n) is 5.25. The predicted octanol–water partition coefficient (Wildman–Crippen LogP) is 9.62. The van der Waals surface area contributed by atoms with Gasteiger partial charge in [0, 0.05) is 26.6 Å². The summed E-state index contributed by atoms with van der Waals surface area (Å²) in [5, 5.41) is 8.70. The SMILES string of the molecule is Cc1ccc(/C=C(\NC(=O)c2ccccc2)C(=O)Nc2cccc(SC(C(=O)Nc3nc(-c4ccc(C)cc4)c(C)s3)c3ccccc3)c2)cc1. The van der Waals surface area contributed by atoms with E-state index in [9.17, 15) is 14.4 Å². The number of carbonyl (C=O) groups excluding carboxylic acids is 3. The molecule has 254 valence electrons. The van der Waals surface area contributed by atoms with Crippen LogP contribution in [0, 0.1) is 20.8 Å². The fraction of sp³-hybridized carbons (Fsp3) is 0.0952. The number of thiazole rings is 1. The molecule has 1 atom stereocenters. The largest absolute Gasteiger partial charge is 0.321 e. The molecule has 3 N–H and O–H groups in total. The van der Waals surface area contributed by atoms with Crippen molar-refractivity contribution in [2.45, 2.75) is 30.9 Å². The number of hydrogen-bond acceptors (Lipinski definition) is 6. The predicted molar refractivity (Wildman–Crippen MR) is 209 cm³/mol. The number of anilines is 2. The standard InChI is InChI=1S/C42H36N4O3S2/c1-27-17-21-30(22-18-27)25-36(44-39(47)33-13-8-5-9-14-33)40(48)43-34-15-10-16-35(26-34)51-38(32-11-6-4-7-12-32)41(49)46-42-45-37(29(3)50-42)31-23-19-28(2)20-24-31/h4-26,38H,1-3H3,(H,43,48)(H,44,47)(H,45,46,49)/b36-25-. The first-order valence-corrected chi connectivity index (χ1v) is 18.0. The number of amides is 3. The molecule has 9 heteroatoms. The monoisotopic (exact) mass is 708 g/mol. The molecule has 1 heterocycles. The van der Waals surface area contributed by atoms with Gasteiger partial charge in [-0.15, -0.1) is 23.1 Å². The van der Waals surface area contributed by atoms with E-state index in [1.165, 1.54) is 28.7 Å². The van der Waals surface area contributed by atoms with Gasteiger partial charge in [-0.3, -0.25) is 14.4 Å². The van der Waals surface area contributed by atoms with Crippen LogP contribution in [0.2, 0.25) is 0 Å². The van der Waals surface area contributed by atoms with Gasteiger partial charge in [0.05, 0.1) is 5.69 Å². The van der Waals surface area contributed by atoms with Crippen molar-refractivity contribution in [2.24, 2.45) is 0 Å². The van der Waals surface area contributed by atoms with E-state index in [0.29, 0.717) is 16.4 Å². The molecule has 1 unspecified atom stereocenters. The number of aryl methyl sites for hydroxylation is 3. The van der Waals surface area contributed by atoms with E-state index in [2.05, 4.69) is 16.0 Å². The summed E-state index contributed by atoms with van der Waals surface area (Å²) in [7, 11) is 0. The van der Waals surface area contributed by atoms with E-state index in [0.717, 1.165) is 37.7 Å². The van der Waals surface area contributed by atoms with Gasteiger partial charge in [-0.05, 0) is 68.3 Å². The zero-order chi connectivity index (χ0) is 35.7. The molecule has 1 aromatic heterocycles. The van der Waals surface area contributed by atoms with Gasteiger partial charge in [-0.1, -0.05) is 114 Å². The fourth-order valence-corrected chi connectivity index (χ4v) is 7.18. The second-order valence-electron chi connectivity index (χ2n) is 12.0. The van der Waals surface area contributed by atoms with Gasteiger partial charge in [0.1, 0.15) is 10.9 Å². The van der Waals surface area contributed by atoms with Crippen LogP contribution in [0.5, 0.6) is 0 Å². The first kappa shape index (κ1) is 35.1. The highest BCUT2D eigenvalue weighted by atomic mass is 32.2. The molecule has 6 aromatic rings. The number of aromatic nitrogens is 1. The van der Waals surface area contributed by atoms with Crippen molar-refractivity contribution in [3.63, 3.8) is 0 Å². The molecule has 0 aliphatic rings. The minimum atomic E-state index is -0.605. The molecule has 0 saturated carbocycles. The summed E-state index contributed by atoms with van der Waals surface area (Å²) in [6, 6.07) is 41.4. The molecule has 7 nitrogen and oxygen atoms in total. The number of thioether (sulfide) groups is 1. The lowest BCUT2D eigenvalue weighted by molar-refractivity contribution is -0.116. The van der Waals surface area contributed by atoms with Crippen LogP contribution >= 0.6 is 23.1 Å². The minimum absolute atomic E-state index is 0.0936. The smallest absolute Gasteiger partial charge is 0.272 e. The first-order chi connectivity index (χ1) is 24.7. The van der Waals surface area contributed by atoms with Crippen LogP contribution in [0.3, 0.4) is 0 Å². The van der Waals surface area contributed by atoms with Crippen LogP contribution in [0.25, 0.3) is 17.3 Å². The molecular formula is C42H36N4O3S2. The normalized spacial score (nSPS) is 11.8. The number of nitrogens with zero attached hydrogens (tertiary/aromatic N) is 1. The second kappa shape index (κ2) is 16.3. The zero-order valence-corrected chi connectivity index (χ0v) is 30.0. The molecule has 3 amide bonds. The molecule has 0 radical (unpaired) electrons. The topological polar surface area (TPSA) is 100 Å². The van der Waals surface area contributed by atoms with Crippen LogP contribution < -0.4 is 16.0 Å². The van der Waals surface area contributed by atoms with E-state index in [-0.39, 0.29) is 11.6 Å². The van der Waals surface area contributed by atoms with Crippen molar-refractivity contribution in [3.05, 3.63) is 172 Å². The van der Waals surface area contributed by atoms with Crippen LogP contribution in [-0.2, 0) is 9.59 Å². The quantitative estimate of drug-likeness (QED) is 0.0920. The van der Waals surface area contributed by atoms with Crippen LogP contribution in [-0.4, -0.2) is 22.7 Å². The summed E-state index contributed by atoms with van der Waals surface area (Å²) < 4.78 is 0. The maximum atomic E-state index is 13.9. The van der Waals surface area contributed by atoms with Crippen molar-refractivity contribution in [1.82, 2.24) is 10.3 Å². The van der Waals surface area contributed by atoms with Gasteiger partial charge in [-0.2, -0.15) is 0 Å². The summed E-state index contributed by atoms with van der Waals surface area (Å²) in [5.41, 5.74) is 6.73. The number of nitrogens with one attached hydrogen (secondary N) is 3. The third kappa shape index (κ3) is 9.27. The highest BCUT2D eigenvalue weighted by molar-refractivity contribution is 8.00. The molecule has 0 aliphatic carbocycles. The Kier molecular flexibility index (Phi) is 11.2. The summed E-state index contributed by atoms with van der Waals surface area (Å²) >= 11 is 2.81. The summed E-state index contributed by atoms with van der Waals surface area (Å²) in [4.78, 5) is 47.2. The third-order valence-electron chi connectivity index (χ3n) is 7.96. The Balaban J connectivity index is 1.22. The average molecular weight is 709 g/mol. The van der Waals surface area contributed by atoms with Gasteiger partial charge < -0.3 is 16.0 Å². The van der Waals surface area contributed by atoms with Crippen LogP contribution in [0.15, 0.2) is 144 Å². The average Bonchev–Trinajstić information content (AvgIpc) is 3.51. The number of benzene rings is 5. The molecule has 0 spiro atoms. The van der Waals surface area contributed by atoms with Crippen LogP contribution in [0.1, 0.15) is 42.7 Å². The number of rotatable bonds is 11. The lowest BCUT2D eigenvalue weighted by atomic mass is 10.1. The van der Waals surface area contributed by atoms with Crippen molar-refractivity contribution in [2.75, 3.05) is 10.6 Å². The zero-order valence-electron chi connectivity index (χ0n) is 28.3. The maximum absolute atomic E-state index is 13.9. The Morgan fingerprint density at radius 2 is 1.37 bits per heavy atom. The van der Waals surface area contributed by atoms with E-state index < -0.39 is 17.1 Å². The van der Waals surface area contributed by atoms with Crippen molar-refractivity contribution < 1.29 is 14.4 Å². The Labute approximate surface area is 305 Å². The minimum Gasteiger partial charge on any atom is -0.321 e. The number of carbonyl (C=O) groups is 3. The van der Waals surface area contributed by atoms with Gasteiger partial charge in [0.15, 0.2) is 5.13 Å². The summed E-state index contributed by atoms with van der Waals surface area (Å²) in [6.07, 6.45) is 1.65. The molecule has 6 rings (SSSR count). The molecule has 0 bridgehead atoms. The molecule has 5 aromatic carbocycles. The van der Waals surface area contributed by atoms with Crippen molar-refractivity contribution >= 4 is 57.7 Å². The molecular weight excluding hydrogens is 673 g/mol. The second-order valence-corrected chi connectivity index (χ2v) is 14.3. The Morgan fingerprint density at radius 3 is 2.06 bits per heavy atom. The summed E-state index contributed by atoms with van der Waals surface area (Å²) in [5.74, 6) is -1.09. The van der Waals surface area contributed by atoms with E-state index in [1.807, 2.05) is 124 Å². The van der Waals surface area contributed by atoms with Gasteiger partial charge >= 0.3 is 0 Å². The molecule has 0 aliphatic heterocycles. The molecule has 0 saturated heterocycles. The van der Waals surface area contributed by atoms with Gasteiger partial charge in [0.25, 0.3) is 11.8 Å². The highest BCUT2D eigenvalue weighted by Gasteiger charge is 2.24. The van der Waals surface area contributed by atoms with Crippen molar-refractivity contribution in [3.8, 4) is 11.3 Å². The maximum Gasteiger partial charge on any atom is 0.272 e. The Hall–Kier alpha value is -5.77.